The number of imidazole rings is 1. The highest BCUT2D eigenvalue weighted by Crippen LogP contribution is 2.29. The first-order chi connectivity index (χ1) is 14.4. The van der Waals surface area contributed by atoms with Crippen molar-refractivity contribution < 1.29 is 5.11 Å². The molecule has 0 saturated carbocycles. The van der Waals surface area contributed by atoms with Gasteiger partial charge in [-0.2, -0.15) is 5.26 Å². The summed E-state index contributed by atoms with van der Waals surface area (Å²) in [5.74, 6) is 0.637. The van der Waals surface area contributed by atoms with Gasteiger partial charge < -0.3 is 10.4 Å². The van der Waals surface area contributed by atoms with Crippen LogP contribution in [0.1, 0.15) is 26.3 Å². The van der Waals surface area contributed by atoms with Crippen LogP contribution >= 0.6 is 0 Å². The van der Waals surface area contributed by atoms with Gasteiger partial charge in [-0.05, 0) is 26.8 Å². The molecule has 1 unspecified atom stereocenters. The molecule has 2 N–H and O–H groups in total. The fourth-order valence-corrected chi connectivity index (χ4v) is 3.12. The lowest BCUT2D eigenvalue weighted by Crippen LogP contribution is -2.12. The molecule has 10 heteroatoms. The van der Waals surface area contributed by atoms with Gasteiger partial charge in [-0.15, -0.1) is 5.10 Å². The number of nitrogens with one attached hydrogen (secondary N) is 1. The van der Waals surface area contributed by atoms with Crippen molar-refractivity contribution in [3.05, 3.63) is 42.6 Å². The van der Waals surface area contributed by atoms with Crippen LogP contribution in [0.15, 0.2) is 37.1 Å². The Morgan fingerprint density at radius 1 is 1.17 bits per heavy atom. The lowest BCUT2D eigenvalue weighted by atomic mass is 10.1. The maximum atomic E-state index is 9.58. The van der Waals surface area contributed by atoms with Crippen LogP contribution in [0.2, 0.25) is 0 Å². The van der Waals surface area contributed by atoms with Crippen molar-refractivity contribution in [1.29, 1.82) is 5.26 Å². The molecule has 0 fully saturated rings. The van der Waals surface area contributed by atoms with E-state index in [1.807, 2.05) is 19.9 Å². The number of hydrogen-bond acceptors (Lipinski definition) is 8. The van der Waals surface area contributed by atoms with Gasteiger partial charge in [0.1, 0.15) is 29.4 Å². The Bertz CT molecular complexity index is 1230. The van der Waals surface area contributed by atoms with Crippen LogP contribution < -0.4 is 5.32 Å². The molecular formula is C20H21N9O. The van der Waals surface area contributed by atoms with E-state index in [-0.39, 0.29) is 6.04 Å². The quantitative estimate of drug-likeness (QED) is 0.501. The summed E-state index contributed by atoms with van der Waals surface area (Å²) < 4.78 is 3.38. The van der Waals surface area contributed by atoms with E-state index in [9.17, 15) is 5.11 Å². The highest BCUT2D eigenvalue weighted by molar-refractivity contribution is 5.78. The first-order valence-electron chi connectivity index (χ1n) is 9.53. The van der Waals surface area contributed by atoms with E-state index < -0.39 is 6.10 Å². The molecule has 0 aliphatic carbocycles. The molecule has 10 nitrogen and oxygen atoms in total. The third kappa shape index (κ3) is 3.83. The Hall–Kier alpha value is -3.84. The fraction of sp³-hybridized carbons (Fsp3) is 0.300. The molecule has 0 aliphatic rings. The van der Waals surface area contributed by atoms with Gasteiger partial charge in [0.05, 0.1) is 24.4 Å². The molecule has 4 aromatic heterocycles. The Labute approximate surface area is 172 Å². The third-order valence-electron chi connectivity index (χ3n) is 4.36. The standard InChI is InChI=1S/C20H21N9O/c1-12(2)25-16-5-19(29-11-24-17-4-14(6-21)7-23-20(17)29)22-8-15(16)18-10-28(27-26-18)9-13(3)30/h4-5,7-8,10-13,30H,9H2,1-3H3,(H,22,25). The maximum absolute atomic E-state index is 9.58. The summed E-state index contributed by atoms with van der Waals surface area (Å²) in [6.45, 7) is 6.16. The lowest BCUT2D eigenvalue weighted by molar-refractivity contribution is 0.167. The van der Waals surface area contributed by atoms with Gasteiger partial charge in [0.15, 0.2) is 5.65 Å². The minimum absolute atomic E-state index is 0.183. The molecule has 4 heterocycles. The van der Waals surface area contributed by atoms with Gasteiger partial charge in [0, 0.05) is 35.8 Å². The number of pyridine rings is 2. The summed E-state index contributed by atoms with van der Waals surface area (Å²) in [7, 11) is 0. The summed E-state index contributed by atoms with van der Waals surface area (Å²) in [5, 5.41) is 30.4. The molecule has 152 valence electrons. The minimum Gasteiger partial charge on any atom is -0.391 e. The topological polar surface area (TPSA) is 130 Å². The maximum Gasteiger partial charge on any atom is 0.165 e. The van der Waals surface area contributed by atoms with Crippen LogP contribution in [-0.2, 0) is 6.54 Å². The molecule has 1 atom stereocenters. The Morgan fingerprint density at radius 3 is 2.73 bits per heavy atom. The fourth-order valence-electron chi connectivity index (χ4n) is 3.12. The monoisotopic (exact) mass is 403 g/mol. The number of rotatable bonds is 6. The normalized spacial score (nSPS) is 12.3. The van der Waals surface area contributed by atoms with Crippen LogP contribution in [0.25, 0.3) is 28.2 Å². The van der Waals surface area contributed by atoms with Crippen LogP contribution in [0.3, 0.4) is 0 Å². The van der Waals surface area contributed by atoms with Gasteiger partial charge in [-0.25, -0.2) is 19.6 Å². The molecule has 0 aromatic carbocycles. The summed E-state index contributed by atoms with van der Waals surface area (Å²) >= 11 is 0. The third-order valence-corrected chi connectivity index (χ3v) is 4.36. The second-order valence-electron chi connectivity index (χ2n) is 7.36. The first kappa shape index (κ1) is 19.5. The zero-order chi connectivity index (χ0) is 21.3. The van der Waals surface area contributed by atoms with E-state index in [0.717, 1.165) is 11.3 Å². The molecule has 0 aliphatic heterocycles. The van der Waals surface area contributed by atoms with Crippen molar-refractivity contribution in [2.45, 2.75) is 39.5 Å². The van der Waals surface area contributed by atoms with E-state index >= 15 is 0 Å². The summed E-state index contributed by atoms with van der Waals surface area (Å²) in [4.78, 5) is 13.3. The van der Waals surface area contributed by atoms with Crippen molar-refractivity contribution in [2.24, 2.45) is 0 Å². The van der Waals surface area contributed by atoms with E-state index in [2.05, 4.69) is 36.7 Å². The Balaban J connectivity index is 1.77. The first-order valence-corrected chi connectivity index (χ1v) is 9.53. The summed E-state index contributed by atoms with van der Waals surface area (Å²) in [5.41, 5.74) is 4.00. The van der Waals surface area contributed by atoms with E-state index in [0.29, 0.717) is 34.8 Å². The molecule has 30 heavy (non-hydrogen) atoms. The van der Waals surface area contributed by atoms with Crippen LogP contribution in [-0.4, -0.2) is 51.8 Å². The highest BCUT2D eigenvalue weighted by atomic mass is 16.3. The molecule has 0 spiro atoms. The average molecular weight is 403 g/mol. The predicted molar refractivity (Wildman–Crippen MR) is 111 cm³/mol. The molecule has 0 radical (unpaired) electrons. The number of aromatic nitrogens is 7. The Kier molecular flexibility index (Phi) is 5.12. The number of fused-ring (bicyclic) bond motifs is 1. The van der Waals surface area contributed by atoms with Gasteiger partial charge in [-0.3, -0.25) is 4.57 Å². The zero-order valence-electron chi connectivity index (χ0n) is 16.9. The van der Waals surface area contributed by atoms with E-state index in [1.165, 1.54) is 6.20 Å². The van der Waals surface area contributed by atoms with Gasteiger partial charge in [-0.1, -0.05) is 5.21 Å². The minimum atomic E-state index is -0.517. The smallest absolute Gasteiger partial charge is 0.165 e. The van der Waals surface area contributed by atoms with Gasteiger partial charge >= 0.3 is 0 Å². The van der Waals surface area contributed by atoms with Crippen molar-refractivity contribution >= 4 is 16.9 Å². The summed E-state index contributed by atoms with van der Waals surface area (Å²) in [6.07, 6.45) is 6.15. The average Bonchev–Trinajstić information content (AvgIpc) is 3.33. The van der Waals surface area contributed by atoms with Crippen molar-refractivity contribution in [3.8, 4) is 23.1 Å². The second kappa shape index (κ2) is 7.88. The van der Waals surface area contributed by atoms with Crippen LogP contribution in [0, 0.1) is 11.3 Å². The largest absolute Gasteiger partial charge is 0.391 e. The molecule has 4 aromatic rings. The summed E-state index contributed by atoms with van der Waals surface area (Å²) in [6, 6.07) is 5.86. The molecule has 0 saturated heterocycles. The Morgan fingerprint density at radius 2 is 2.00 bits per heavy atom. The number of anilines is 1. The predicted octanol–water partition coefficient (Wildman–Crippen LogP) is 2.15. The number of nitrogens with zero attached hydrogens (tertiary/aromatic N) is 8. The van der Waals surface area contributed by atoms with Crippen molar-refractivity contribution in [3.63, 3.8) is 0 Å². The number of aliphatic hydroxyl groups is 1. The van der Waals surface area contributed by atoms with Crippen molar-refractivity contribution in [2.75, 3.05) is 5.32 Å². The van der Waals surface area contributed by atoms with E-state index in [4.69, 9.17) is 5.26 Å². The van der Waals surface area contributed by atoms with Crippen LogP contribution in [0.4, 0.5) is 5.69 Å². The number of nitriles is 1. The van der Waals surface area contributed by atoms with Gasteiger partial charge in [0.2, 0.25) is 0 Å². The second-order valence-corrected chi connectivity index (χ2v) is 7.36. The molecule has 0 bridgehead atoms. The number of hydrogen-bond donors (Lipinski definition) is 2. The van der Waals surface area contributed by atoms with Crippen LogP contribution in [0.5, 0.6) is 0 Å². The number of aliphatic hydroxyl groups excluding tert-OH is 1. The highest BCUT2D eigenvalue weighted by Gasteiger charge is 2.15. The zero-order valence-corrected chi connectivity index (χ0v) is 16.9. The van der Waals surface area contributed by atoms with Crippen molar-refractivity contribution in [1.82, 2.24) is 34.5 Å². The molecular weight excluding hydrogens is 382 g/mol. The molecule has 0 amide bonds. The van der Waals surface area contributed by atoms with Gasteiger partial charge in [0.25, 0.3) is 0 Å². The lowest BCUT2D eigenvalue weighted by Gasteiger charge is -2.15. The van der Waals surface area contributed by atoms with E-state index in [1.54, 1.807) is 41.0 Å². The molecule has 4 rings (SSSR count). The SMILES string of the molecule is CC(O)Cn1cc(-c2cnc(-n3cnc4cc(C#N)cnc43)cc2NC(C)C)nn1.